The molecule has 2 N–H and O–H groups in total. The lowest BCUT2D eigenvalue weighted by atomic mass is 9.93. The molecule has 0 fully saturated rings. The van der Waals surface area contributed by atoms with E-state index in [1.54, 1.807) is 29.2 Å². The first-order valence-corrected chi connectivity index (χ1v) is 16.9. The summed E-state index contributed by atoms with van der Waals surface area (Å²) in [4.78, 5) is 55.4. The van der Waals surface area contributed by atoms with Crippen LogP contribution in [0.3, 0.4) is 0 Å². The van der Waals surface area contributed by atoms with Gasteiger partial charge in [0.1, 0.15) is 23.7 Å². The topological polar surface area (TPSA) is 151 Å². The number of amides is 2. The van der Waals surface area contributed by atoms with Crippen molar-refractivity contribution in [1.82, 2.24) is 34.2 Å². The number of imide groups is 1. The minimum absolute atomic E-state index is 0.0208. The SMILES string of the molecule is Nc1ncccc1-c1nc2ccc(-n3cccn3)nc2n1-c1ccc2c(c1)CC[C@@H]2N1C(=O)Cc2cc(OCc3ccccc3)c(C=O)cc2C1=O. The predicted molar refractivity (Wildman–Crippen MR) is 192 cm³/mol. The lowest BCUT2D eigenvalue weighted by molar-refractivity contribution is -0.130. The van der Waals surface area contributed by atoms with Crippen LogP contribution in [0.25, 0.3) is 34.1 Å². The van der Waals surface area contributed by atoms with E-state index in [4.69, 9.17) is 20.4 Å². The summed E-state index contributed by atoms with van der Waals surface area (Å²) in [6, 6.07) is 27.6. The lowest BCUT2D eigenvalue weighted by Gasteiger charge is -2.32. The Balaban J connectivity index is 1.07. The number of nitrogens with zero attached hydrogens (tertiary/aromatic N) is 7. The van der Waals surface area contributed by atoms with Gasteiger partial charge in [0, 0.05) is 29.8 Å². The summed E-state index contributed by atoms with van der Waals surface area (Å²) >= 11 is 0. The van der Waals surface area contributed by atoms with Gasteiger partial charge in [0.15, 0.2) is 23.6 Å². The molecule has 1 aliphatic carbocycles. The van der Waals surface area contributed by atoms with E-state index in [9.17, 15) is 14.4 Å². The molecule has 0 saturated heterocycles. The van der Waals surface area contributed by atoms with Crippen LogP contribution in [0.5, 0.6) is 5.75 Å². The highest BCUT2D eigenvalue weighted by molar-refractivity contribution is 6.11. The Hall–Kier alpha value is -6.95. The molecule has 0 unspecified atom stereocenters. The first-order chi connectivity index (χ1) is 25.5. The Morgan fingerprint density at radius 1 is 0.885 bits per heavy atom. The van der Waals surface area contributed by atoms with Crippen molar-refractivity contribution in [2.24, 2.45) is 0 Å². The monoisotopic (exact) mass is 686 g/mol. The third-order valence-electron chi connectivity index (χ3n) is 9.71. The first-order valence-electron chi connectivity index (χ1n) is 16.9. The predicted octanol–water partition coefficient (Wildman–Crippen LogP) is 5.85. The number of benzene rings is 3. The fourth-order valence-electron chi connectivity index (χ4n) is 7.24. The highest BCUT2D eigenvalue weighted by Gasteiger charge is 2.40. The standard InChI is InChI=1S/C40H30N8O4/c41-37-30(8-4-15-42-37)38-44-32-12-14-35(46-17-5-16-43-46)45-39(32)47(38)28-10-11-29-25(18-28)9-13-33(29)48-36(50)21-26-20-34(27(22-49)19-31(26)40(48)51)52-23-24-6-2-1-3-7-24/h1-8,10-12,14-20,22,33H,9,13,21,23H2,(H2,41,42)/t33-/m0/s1. The summed E-state index contributed by atoms with van der Waals surface area (Å²) < 4.78 is 9.61. The number of aromatic nitrogens is 6. The van der Waals surface area contributed by atoms with Crippen molar-refractivity contribution in [3.05, 3.63) is 143 Å². The number of nitrogens with two attached hydrogens (primary N) is 1. The minimum atomic E-state index is -0.455. The molecule has 1 atom stereocenters. The van der Waals surface area contributed by atoms with Gasteiger partial charge < -0.3 is 10.5 Å². The average Bonchev–Trinajstić information content (AvgIpc) is 3.93. The average molecular weight is 687 g/mol. The summed E-state index contributed by atoms with van der Waals surface area (Å²) in [6.07, 6.45) is 7.07. The molecule has 0 saturated carbocycles. The van der Waals surface area contributed by atoms with Crippen LogP contribution >= 0.6 is 0 Å². The summed E-state index contributed by atoms with van der Waals surface area (Å²) in [7, 11) is 0. The van der Waals surface area contributed by atoms with E-state index in [0.717, 1.165) is 22.4 Å². The van der Waals surface area contributed by atoms with Gasteiger partial charge in [-0.05, 0) is 89.7 Å². The number of hydrogen-bond donors (Lipinski definition) is 1. The van der Waals surface area contributed by atoms with E-state index in [-0.39, 0.29) is 24.5 Å². The fourth-order valence-corrected chi connectivity index (χ4v) is 7.24. The highest BCUT2D eigenvalue weighted by Crippen LogP contribution is 2.41. The van der Waals surface area contributed by atoms with Crippen molar-refractivity contribution >= 4 is 35.1 Å². The molecule has 1 aliphatic heterocycles. The van der Waals surface area contributed by atoms with Crippen LogP contribution in [0.15, 0.2) is 110 Å². The summed E-state index contributed by atoms with van der Waals surface area (Å²) in [6.45, 7) is 0.253. The molecular weight excluding hydrogens is 656 g/mol. The fraction of sp³-hybridized carbons (Fsp3) is 0.125. The summed E-state index contributed by atoms with van der Waals surface area (Å²) in [5, 5.41) is 4.35. The second-order valence-electron chi connectivity index (χ2n) is 12.8. The Labute approximate surface area is 297 Å². The van der Waals surface area contributed by atoms with E-state index >= 15 is 0 Å². The van der Waals surface area contributed by atoms with Crippen molar-refractivity contribution in [2.75, 3.05) is 5.73 Å². The Bertz CT molecular complexity index is 2550. The second kappa shape index (κ2) is 12.4. The third-order valence-corrected chi connectivity index (χ3v) is 9.71. The van der Waals surface area contributed by atoms with Crippen LogP contribution in [-0.4, -0.2) is 52.3 Å². The van der Waals surface area contributed by atoms with Crippen LogP contribution in [-0.2, 0) is 24.2 Å². The quantitative estimate of drug-likeness (QED) is 0.153. The van der Waals surface area contributed by atoms with Gasteiger partial charge in [-0.1, -0.05) is 36.4 Å². The summed E-state index contributed by atoms with van der Waals surface area (Å²) in [5.41, 5.74) is 13.1. The molecule has 0 bridgehead atoms. The second-order valence-corrected chi connectivity index (χ2v) is 12.8. The number of imidazole rings is 1. The number of pyridine rings is 2. The smallest absolute Gasteiger partial charge is 0.261 e. The molecule has 9 rings (SSSR count). The van der Waals surface area contributed by atoms with Gasteiger partial charge in [-0.25, -0.2) is 19.6 Å². The zero-order valence-corrected chi connectivity index (χ0v) is 27.7. The molecule has 0 radical (unpaired) electrons. The molecule has 52 heavy (non-hydrogen) atoms. The van der Waals surface area contributed by atoms with Crippen LogP contribution in [0.2, 0.25) is 0 Å². The van der Waals surface area contributed by atoms with Gasteiger partial charge >= 0.3 is 0 Å². The van der Waals surface area contributed by atoms with E-state index in [1.165, 1.54) is 4.90 Å². The van der Waals surface area contributed by atoms with Crippen LogP contribution in [0, 0.1) is 0 Å². The molecule has 7 aromatic rings. The number of rotatable bonds is 8. The molecule has 12 heteroatoms. The van der Waals surface area contributed by atoms with Gasteiger partial charge in [-0.2, -0.15) is 5.10 Å². The maximum atomic E-state index is 14.0. The Morgan fingerprint density at radius 2 is 1.77 bits per heavy atom. The van der Waals surface area contributed by atoms with Crippen LogP contribution in [0.4, 0.5) is 5.82 Å². The maximum Gasteiger partial charge on any atom is 0.261 e. The molecule has 2 amide bonds. The minimum Gasteiger partial charge on any atom is -0.488 e. The molecule has 2 aliphatic rings. The molecule has 5 heterocycles. The number of carbonyl (C=O) groups excluding carboxylic acids is 3. The summed E-state index contributed by atoms with van der Waals surface area (Å²) in [5.74, 6) is 1.17. The van der Waals surface area contributed by atoms with E-state index < -0.39 is 11.9 Å². The van der Waals surface area contributed by atoms with Crippen molar-refractivity contribution in [3.8, 4) is 28.6 Å². The number of anilines is 1. The van der Waals surface area contributed by atoms with Gasteiger partial charge in [0.05, 0.1) is 23.6 Å². The molecule has 0 spiro atoms. The lowest BCUT2D eigenvalue weighted by Crippen LogP contribution is -2.44. The van der Waals surface area contributed by atoms with Crippen molar-refractivity contribution in [1.29, 1.82) is 0 Å². The number of fused-ring (bicyclic) bond motifs is 3. The van der Waals surface area contributed by atoms with Crippen molar-refractivity contribution in [3.63, 3.8) is 0 Å². The van der Waals surface area contributed by atoms with E-state index in [0.29, 0.717) is 70.2 Å². The highest BCUT2D eigenvalue weighted by atomic mass is 16.5. The van der Waals surface area contributed by atoms with Gasteiger partial charge in [-0.3, -0.25) is 23.9 Å². The van der Waals surface area contributed by atoms with Gasteiger partial charge in [0.25, 0.3) is 5.91 Å². The zero-order valence-electron chi connectivity index (χ0n) is 27.7. The van der Waals surface area contributed by atoms with Crippen LogP contribution < -0.4 is 10.5 Å². The number of ether oxygens (including phenoxy) is 1. The first kappa shape index (κ1) is 31.1. The van der Waals surface area contributed by atoms with E-state index in [1.807, 2.05) is 83.6 Å². The normalized spacial score (nSPS) is 15.2. The largest absolute Gasteiger partial charge is 0.488 e. The number of nitrogen functional groups attached to an aromatic ring is 1. The third kappa shape index (κ3) is 5.19. The molecular formula is C40H30N8O4. The zero-order chi connectivity index (χ0) is 35.3. The molecule has 12 nitrogen and oxygen atoms in total. The molecule has 3 aromatic carbocycles. The maximum absolute atomic E-state index is 14.0. The van der Waals surface area contributed by atoms with Crippen LogP contribution in [0.1, 0.15) is 55.4 Å². The Morgan fingerprint density at radius 3 is 2.58 bits per heavy atom. The van der Waals surface area contributed by atoms with E-state index in [2.05, 4.69) is 16.1 Å². The Kier molecular flexibility index (Phi) is 7.42. The molecule has 254 valence electrons. The number of hydrogen-bond acceptors (Lipinski definition) is 9. The van der Waals surface area contributed by atoms with Gasteiger partial charge in [0.2, 0.25) is 5.91 Å². The number of aryl methyl sites for hydroxylation is 1. The molecule has 4 aromatic heterocycles. The number of carbonyl (C=O) groups is 3. The van der Waals surface area contributed by atoms with Crippen molar-refractivity contribution in [2.45, 2.75) is 31.9 Å². The van der Waals surface area contributed by atoms with Crippen molar-refractivity contribution < 1.29 is 19.1 Å². The number of aldehydes is 1. The van der Waals surface area contributed by atoms with Gasteiger partial charge in [-0.15, -0.1) is 0 Å².